The topological polar surface area (TPSA) is 17.1 Å². The maximum atomic E-state index is 11.7. The fourth-order valence-electron chi connectivity index (χ4n) is 3.20. The van der Waals surface area contributed by atoms with Gasteiger partial charge in [0.1, 0.15) is 5.78 Å². The number of aryl methyl sites for hydroxylation is 3. The first-order chi connectivity index (χ1) is 11.0. The molecule has 0 N–H and O–H groups in total. The van der Waals surface area contributed by atoms with E-state index in [9.17, 15) is 4.79 Å². The molecule has 0 aliphatic heterocycles. The molecular formula is C22H28O. The van der Waals surface area contributed by atoms with Gasteiger partial charge in [0.05, 0.1) is 0 Å². The van der Waals surface area contributed by atoms with Crippen molar-refractivity contribution in [3.63, 3.8) is 0 Å². The summed E-state index contributed by atoms with van der Waals surface area (Å²) in [6.07, 6.45) is 5.16. The van der Waals surface area contributed by atoms with Gasteiger partial charge in [-0.05, 0) is 45.6 Å². The molecule has 0 amide bonds. The normalized spacial score (nSPS) is 17.3. The van der Waals surface area contributed by atoms with E-state index in [1.807, 2.05) is 0 Å². The minimum atomic E-state index is 0.292. The SMILES string of the molecule is Cc1cccc(C)c1.Cc1cccc(CC2CCCCC2=O)c1. The molecule has 23 heavy (non-hydrogen) atoms. The van der Waals surface area contributed by atoms with Gasteiger partial charge in [0, 0.05) is 12.3 Å². The number of carbonyl (C=O) groups is 1. The predicted octanol–water partition coefficient (Wildman–Crippen LogP) is 5.60. The second-order valence-corrected chi connectivity index (χ2v) is 6.76. The number of hydrogen-bond donors (Lipinski definition) is 0. The number of ketones is 1. The Morgan fingerprint density at radius 1 is 0.870 bits per heavy atom. The Bertz CT molecular complexity index is 625. The predicted molar refractivity (Wildman–Crippen MR) is 97.8 cm³/mol. The molecule has 0 bridgehead atoms. The van der Waals surface area contributed by atoms with Gasteiger partial charge in [0.15, 0.2) is 0 Å². The van der Waals surface area contributed by atoms with E-state index in [2.05, 4.69) is 69.3 Å². The quantitative estimate of drug-likeness (QED) is 0.705. The van der Waals surface area contributed by atoms with Crippen LogP contribution in [0.15, 0.2) is 48.5 Å². The summed E-state index contributed by atoms with van der Waals surface area (Å²) in [6, 6.07) is 17.0. The lowest BCUT2D eigenvalue weighted by Crippen LogP contribution is -2.21. The van der Waals surface area contributed by atoms with Crippen LogP contribution in [0.3, 0.4) is 0 Å². The summed E-state index contributed by atoms with van der Waals surface area (Å²) in [5.74, 6) is 0.767. The summed E-state index contributed by atoms with van der Waals surface area (Å²) < 4.78 is 0. The van der Waals surface area contributed by atoms with Crippen molar-refractivity contribution in [3.05, 3.63) is 70.8 Å². The van der Waals surface area contributed by atoms with Gasteiger partial charge >= 0.3 is 0 Å². The van der Waals surface area contributed by atoms with Crippen molar-refractivity contribution in [3.8, 4) is 0 Å². The zero-order valence-corrected chi connectivity index (χ0v) is 14.6. The first-order valence-corrected chi connectivity index (χ1v) is 8.66. The highest BCUT2D eigenvalue weighted by atomic mass is 16.1. The van der Waals surface area contributed by atoms with Crippen molar-refractivity contribution in [2.75, 3.05) is 0 Å². The van der Waals surface area contributed by atoms with Crippen LogP contribution in [0.25, 0.3) is 0 Å². The van der Waals surface area contributed by atoms with Crippen LogP contribution in [-0.2, 0) is 11.2 Å². The molecule has 3 rings (SSSR count). The second kappa shape index (κ2) is 8.67. The van der Waals surface area contributed by atoms with Gasteiger partial charge in [0.2, 0.25) is 0 Å². The average molecular weight is 308 g/mol. The Kier molecular flexibility index (Phi) is 6.58. The lowest BCUT2D eigenvalue weighted by Gasteiger charge is -2.20. The Hall–Kier alpha value is -1.89. The lowest BCUT2D eigenvalue weighted by atomic mass is 9.83. The summed E-state index contributed by atoms with van der Waals surface area (Å²) in [6.45, 7) is 6.31. The number of Topliss-reactive ketones (excluding diaryl/α,β-unsaturated/α-hetero) is 1. The average Bonchev–Trinajstić information content (AvgIpc) is 2.50. The maximum Gasteiger partial charge on any atom is 0.136 e. The third-order valence-electron chi connectivity index (χ3n) is 4.42. The number of hydrogen-bond acceptors (Lipinski definition) is 1. The molecule has 0 radical (unpaired) electrons. The van der Waals surface area contributed by atoms with Gasteiger partial charge in [-0.2, -0.15) is 0 Å². The summed E-state index contributed by atoms with van der Waals surface area (Å²) in [5.41, 5.74) is 5.28. The first-order valence-electron chi connectivity index (χ1n) is 8.66. The molecule has 2 aromatic carbocycles. The Balaban J connectivity index is 0.000000203. The molecule has 1 heteroatoms. The van der Waals surface area contributed by atoms with Crippen molar-refractivity contribution in [2.45, 2.75) is 52.9 Å². The minimum absolute atomic E-state index is 0.292. The van der Waals surface area contributed by atoms with E-state index in [1.54, 1.807) is 0 Å². The monoisotopic (exact) mass is 308 g/mol. The third-order valence-corrected chi connectivity index (χ3v) is 4.42. The van der Waals surface area contributed by atoms with Gasteiger partial charge in [-0.1, -0.05) is 71.6 Å². The first kappa shape index (κ1) is 17.5. The van der Waals surface area contributed by atoms with Crippen molar-refractivity contribution < 1.29 is 4.79 Å². The van der Waals surface area contributed by atoms with E-state index in [1.165, 1.54) is 28.7 Å². The molecule has 2 aromatic rings. The molecule has 1 nitrogen and oxygen atoms in total. The highest BCUT2D eigenvalue weighted by Gasteiger charge is 2.21. The van der Waals surface area contributed by atoms with E-state index in [-0.39, 0.29) is 0 Å². The molecule has 1 aliphatic rings. The van der Waals surface area contributed by atoms with Crippen molar-refractivity contribution >= 4 is 5.78 Å². The van der Waals surface area contributed by atoms with E-state index in [0.717, 1.165) is 25.7 Å². The molecule has 0 heterocycles. The molecule has 1 atom stereocenters. The van der Waals surface area contributed by atoms with Gasteiger partial charge in [-0.15, -0.1) is 0 Å². The van der Waals surface area contributed by atoms with E-state index < -0.39 is 0 Å². The van der Waals surface area contributed by atoms with E-state index in [4.69, 9.17) is 0 Å². The number of rotatable bonds is 2. The van der Waals surface area contributed by atoms with E-state index in [0.29, 0.717) is 11.7 Å². The zero-order valence-electron chi connectivity index (χ0n) is 14.6. The van der Waals surface area contributed by atoms with Crippen LogP contribution >= 0.6 is 0 Å². The highest BCUT2D eigenvalue weighted by Crippen LogP contribution is 2.24. The van der Waals surface area contributed by atoms with Gasteiger partial charge in [-0.25, -0.2) is 0 Å². The standard InChI is InChI=1S/C14H18O.C8H10/c1-11-5-4-6-12(9-11)10-13-7-2-3-8-14(13)15;1-7-4-3-5-8(2)6-7/h4-6,9,13H,2-3,7-8,10H2,1H3;3-6H,1-2H3. The second-order valence-electron chi connectivity index (χ2n) is 6.76. The Morgan fingerprint density at radius 3 is 2.00 bits per heavy atom. The molecule has 1 saturated carbocycles. The number of carbonyl (C=O) groups excluding carboxylic acids is 1. The molecule has 1 fully saturated rings. The van der Waals surface area contributed by atoms with Gasteiger partial charge in [-0.3, -0.25) is 4.79 Å². The molecule has 1 aliphatic carbocycles. The summed E-state index contributed by atoms with van der Waals surface area (Å²) in [7, 11) is 0. The highest BCUT2D eigenvalue weighted by molar-refractivity contribution is 5.81. The molecule has 0 aromatic heterocycles. The molecule has 122 valence electrons. The van der Waals surface area contributed by atoms with E-state index >= 15 is 0 Å². The fourth-order valence-corrected chi connectivity index (χ4v) is 3.20. The summed E-state index contributed by atoms with van der Waals surface area (Å²) in [5, 5.41) is 0. The zero-order chi connectivity index (χ0) is 16.7. The van der Waals surface area contributed by atoms with Crippen LogP contribution in [0.5, 0.6) is 0 Å². The largest absolute Gasteiger partial charge is 0.299 e. The van der Waals surface area contributed by atoms with Gasteiger partial charge < -0.3 is 0 Å². The van der Waals surface area contributed by atoms with Gasteiger partial charge in [0.25, 0.3) is 0 Å². The fraction of sp³-hybridized carbons (Fsp3) is 0.409. The van der Waals surface area contributed by atoms with Crippen LogP contribution < -0.4 is 0 Å². The number of benzene rings is 2. The Morgan fingerprint density at radius 2 is 1.48 bits per heavy atom. The minimum Gasteiger partial charge on any atom is -0.299 e. The lowest BCUT2D eigenvalue weighted by molar-refractivity contribution is -0.124. The molecule has 0 spiro atoms. The maximum absolute atomic E-state index is 11.7. The van der Waals surface area contributed by atoms with Crippen LogP contribution in [-0.4, -0.2) is 5.78 Å². The van der Waals surface area contributed by atoms with Crippen molar-refractivity contribution in [1.29, 1.82) is 0 Å². The van der Waals surface area contributed by atoms with Crippen LogP contribution in [0, 0.1) is 26.7 Å². The van der Waals surface area contributed by atoms with Crippen LogP contribution in [0.4, 0.5) is 0 Å². The third kappa shape index (κ3) is 6.02. The summed E-state index contributed by atoms with van der Waals surface area (Å²) >= 11 is 0. The van der Waals surface area contributed by atoms with Crippen LogP contribution in [0.1, 0.15) is 47.9 Å². The molecule has 1 unspecified atom stereocenters. The molecule has 0 saturated heterocycles. The summed E-state index contributed by atoms with van der Waals surface area (Å²) in [4.78, 5) is 11.7. The molecular weight excluding hydrogens is 280 g/mol. The van der Waals surface area contributed by atoms with Crippen molar-refractivity contribution in [2.24, 2.45) is 5.92 Å². The van der Waals surface area contributed by atoms with Crippen molar-refractivity contribution in [1.82, 2.24) is 0 Å². The van der Waals surface area contributed by atoms with Crippen LogP contribution in [0.2, 0.25) is 0 Å². The smallest absolute Gasteiger partial charge is 0.136 e. The Labute approximate surface area is 140 Å².